The maximum atomic E-state index is 12.1. The summed E-state index contributed by atoms with van der Waals surface area (Å²) in [7, 11) is 2.18. The Morgan fingerprint density at radius 3 is 2.18 bits per heavy atom. The van der Waals surface area contributed by atoms with E-state index in [1.165, 1.54) is 25.9 Å². The summed E-state index contributed by atoms with van der Waals surface area (Å²) in [5, 5.41) is 0. The Bertz CT molecular complexity index is 272. The maximum Gasteiger partial charge on any atom is 0.320 e. The lowest BCUT2D eigenvalue weighted by Crippen LogP contribution is -2.63. The molecule has 4 heteroatoms. The number of piperidine rings is 1. The van der Waals surface area contributed by atoms with Crippen LogP contribution >= 0.6 is 0 Å². The lowest BCUT2D eigenvalue weighted by molar-refractivity contribution is -0.0245. The molecule has 1 spiro atoms. The number of rotatable bonds is 2. The zero-order chi connectivity index (χ0) is 12.5. The molecule has 0 N–H and O–H groups in total. The Hall–Kier alpha value is -0.770. The van der Waals surface area contributed by atoms with E-state index in [0.717, 1.165) is 26.2 Å². The van der Waals surface area contributed by atoms with Gasteiger partial charge in [0.1, 0.15) is 0 Å². The van der Waals surface area contributed by atoms with Crippen LogP contribution in [0.4, 0.5) is 4.79 Å². The van der Waals surface area contributed by atoms with Crippen molar-refractivity contribution in [1.82, 2.24) is 14.7 Å². The third-order valence-electron chi connectivity index (χ3n) is 4.40. The Labute approximate surface area is 105 Å². The fourth-order valence-electron chi connectivity index (χ4n) is 3.00. The lowest BCUT2D eigenvalue weighted by atomic mass is 9.72. The van der Waals surface area contributed by atoms with Gasteiger partial charge in [0.05, 0.1) is 0 Å². The number of amides is 2. The highest BCUT2D eigenvalue weighted by Crippen LogP contribution is 2.40. The molecule has 0 aromatic carbocycles. The van der Waals surface area contributed by atoms with Crippen LogP contribution in [0.15, 0.2) is 0 Å². The van der Waals surface area contributed by atoms with E-state index < -0.39 is 0 Å². The number of carbonyl (C=O) groups excluding carboxylic acids is 1. The topological polar surface area (TPSA) is 26.8 Å². The molecule has 4 nitrogen and oxygen atoms in total. The molecule has 0 aromatic rings. The molecule has 0 atom stereocenters. The zero-order valence-electron chi connectivity index (χ0n) is 11.4. The molecule has 0 aromatic heterocycles. The average Bonchev–Trinajstić information content (AvgIpc) is 2.29. The highest BCUT2D eigenvalue weighted by Gasteiger charge is 2.46. The predicted molar refractivity (Wildman–Crippen MR) is 69.1 cm³/mol. The first-order valence-electron chi connectivity index (χ1n) is 6.82. The quantitative estimate of drug-likeness (QED) is 0.729. The van der Waals surface area contributed by atoms with Gasteiger partial charge in [0, 0.05) is 31.6 Å². The summed E-state index contributed by atoms with van der Waals surface area (Å²) in [6, 6.07) is 0.236. The normalized spacial score (nSPS) is 23.6. The van der Waals surface area contributed by atoms with E-state index in [0.29, 0.717) is 5.41 Å². The molecule has 2 rings (SSSR count). The van der Waals surface area contributed by atoms with Crippen LogP contribution in [0.5, 0.6) is 0 Å². The van der Waals surface area contributed by atoms with Crippen molar-refractivity contribution in [2.75, 3.05) is 46.3 Å². The van der Waals surface area contributed by atoms with Gasteiger partial charge in [-0.25, -0.2) is 4.79 Å². The van der Waals surface area contributed by atoms with E-state index in [1.54, 1.807) is 0 Å². The van der Waals surface area contributed by atoms with Crippen molar-refractivity contribution < 1.29 is 4.79 Å². The average molecular weight is 239 g/mol. The van der Waals surface area contributed by atoms with Crippen molar-refractivity contribution in [3.63, 3.8) is 0 Å². The highest BCUT2D eigenvalue weighted by molar-refractivity contribution is 5.75. The number of urea groups is 1. The van der Waals surface area contributed by atoms with E-state index in [1.807, 2.05) is 23.6 Å². The van der Waals surface area contributed by atoms with Crippen molar-refractivity contribution >= 4 is 6.03 Å². The van der Waals surface area contributed by atoms with Gasteiger partial charge in [-0.15, -0.1) is 0 Å². The molecular formula is C13H25N3O. The fraction of sp³-hybridized carbons (Fsp3) is 0.923. The summed E-state index contributed by atoms with van der Waals surface area (Å²) < 4.78 is 0. The number of likely N-dealkylation sites (tertiary alicyclic amines) is 2. The van der Waals surface area contributed by atoms with Gasteiger partial charge in [-0.3, -0.25) is 0 Å². The Morgan fingerprint density at radius 2 is 1.71 bits per heavy atom. The number of hydrogen-bond donors (Lipinski definition) is 0. The van der Waals surface area contributed by atoms with Crippen molar-refractivity contribution in [3.8, 4) is 0 Å². The van der Waals surface area contributed by atoms with E-state index in [9.17, 15) is 4.79 Å². The third kappa shape index (κ3) is 2.41. The molecule has 0 bridgehead atoms. The first-order valence-corrected chi connectivity index (χ1v) is 6.82. The molecule has 2 fully saturated rings. The van der Waals surface area contributed by atoms with Gasteiger partial charge >= 0.3 is 6.03 Å². The van der Waals surface area contributed by atoms with Crippen LogP contribution in [0.1, 0.15) is 26.7 Å². The molecule has 2 aliphatic rings. The summed E-state index contributed by atoms with van der Waals surface area (Å²) in [4.78, 5) is 18.5. The van der Waals surface area contributed by atoms with Crippen LogP contribution in [0.3, 0.4) is 0 Å². The van der Waals surface area contributed by atoms with Crippen LogP contribution < -0.4 is 0 Å². The van der Waals surface area contributed by atoms with Crippen molar-refractivity contribution in [2.24, 2.45) is 5.41 Å². The molecule has 2 saturated heterocycles. The monoisotopic (exact) mass is 239 g/mol. The first-order chi connectivity index (χ1) is 8.10. The van der Waals surface area contributed by atoms with Crippen molar-refractivity contribution in [3.05, 3.63) is 0 Å². The standard InChI is InChI=1S/C13H25N3O/c1-4-15(5-2)12(17)16-10-13(11-16)6-8-14(3)9-7-13/h4-11H2,1-3H3. The smallest absolute Gasteiger partial charge is 0.320 e. The molecule has 2 amide bonds. The second-order valence-corrected chi connectivity index (χ2v) is 5.61. The van der Waals surface area contributed by atoms with Crippen molar-refractivity contribution in [2.45, 2.75) is 26.7 Å². The van der Waals surface area contributed by atoms with E-state index in [4.69, 9.17) is 0 Å². The summed E-state index contributed by atoms with van der Waals surface area (Å²) >= 11 is 0. The molecule has 0 radical (unpaired) electrons. The minimum absolute atomic E-state index is 0.236. The Morgan fingerprint density at radius 1 is 1.18 bits per heavy atom. The minimum atomic E-state index is 0.236. The van der Waals surface area contributed by atoms with Gasteiger partial charge in [0.15, 0.2) is 0 Å². The highest BCUT2D eigenvalue weighted by atomic mass is 16.2. The number of hydrogen-bond acceptors (Lipinski definition) is 2. The third-order valence-corrected chi connectivity index (χ3v) is 4.40. The first kappa shape index (κ1) is 12.7. The van der Waals surface area contributed by atoms with Gasteiger partial charge in [-0.2, -0.15) is 0 Å². The minimum Gasteiger partial charge on any atom is -0.325 e. The summed E-state index contributed by atoms with van der Waals surface area (Å²) in [5.74, 6) is 0. The van der Waals surface area contributed by atoms with Crippen LogP contribution in [0.25, 0.3) is 0 Å². The molecular weight excluding hydrogens is 214 g/mol. The van der Waals surface area contributed by atoms with E-state index >= 15 is 0 Å². The summed E-state index contributed by atoms with van der Waals surface area (Å²) in [6.07, 6.45) is 2.51. The van der Waals surface area contributed by atoms with Crippen LogP contribution in [0.2, 0.25) is 0 Å². The molecule has 0 saturated carbocycles. The second kappa shape index (κ2) is 4.84. The van der Waals surface area contributed by atoms with Crippen LogP contribution in [-0.4, -0.2) is 67.0 Å². The summed E-state index contributed by atoms with van der Waals surface area (Å²) in [6.45, 7) is 10.1. The van der Waals surface area contributed by atoms with Crippen molar-refractivity contribution in [1.29, 1.82) is 0 Å². The van der Waals surface area contributed by atoms with Gasteiger partial charge < -0.3 is 14.7 Å². The Kier molecular flexibility index (Phi) is 3.61. The van der Waals surface area contributed by atoms with Gasteiger partial charge in [-0.1, -0.05) is 0 Å². The molecule has 17 heavy (non-hydrogen) atoms. The largest absolute Gasteiger partial charge is 0.325 e. The van der Waals surface area contributed by atoms with Gasteiger partial charge in [0.25, 0.3) is 0 Å². The SMILES string of the molecule is CCN(CC)C(=O)N1CC2(CCN(C)CC2)C1. The van der Waals surface area contributed by atoms with E-state index in [-0.39, 0.29) is 6.03 Å². The zero-order valence-corrected chi connectivity index (χ0v) is 11.4. The fourth-order valence-corrected chi connectivity index (χ4v) is 3.00. The number of nitrogens with zero attached hydrogens (tertiary/aromatic N) is 3. The molecule has 2 heterocycles. The lowest BCUT2D eigenvalue weighted by Gasteiger charge is -2.54. The van der Waals surface area contributed by atoms with Gasteiger partial charge in [-0.05, 0) is 46.8 Å². The maximum absolute atomic E-state index is 12.1. The Balaban J connectivity index is 1.84. The molecule has 98 valence electrons. The predicted octanol–water partition coefficient (Wildman–Crippen LogP) is 1.48. The van der Waals surface area contributed by atoms with E-state index in [2.05, 4.69) is 11.9 Å². The van der Waals surface area contributed by atoms with Crippen LogP contribution in [0, 0.1) is 5.41 Å². The number of carbonyl (C=O) groups is 1. The molecule has 0 aliphatic carbocycles. The van der Waals surface area contributed by atoms with Gasteiger partial charge in [0.2, 0.25) is 0 Å². The molecule has 0 unspecified atom stereocenters. The molecule has 2 aliphatic heterocycles. The summed E-state index contributed by atoms with van der Waals surface area (Å²) in [5.41, 5.74) is 0.454. The second-order valence-electron chi connectivity index (χ2n) is 5.61. The van der Waals surface area contributed by atoms with Crippen LogP contribution in [-0.2, 0) is 0 Å².